The van der Waals surface area contributed by atoms with Gasteiger partial charge < -0.3 is 10.4 Å². The smallest absolute Gasteiger partial charge is 0.156 e. The lowest BCUT2D eigenvalue weighted by molar-refractivity contribution is 0.272. The van der Waals surface area contributed by atoms with Gasteiger partial charge in [-0.2, -0.15) is 5.10 Å². The van der Waals surface area contributed by atoms with E-state index in [1.807, 2.05) is 37.3 Å². The Balaban J connectivity index is 2.10. The molecule has 3 rings (SSSR count). The molecule has 0 aliphatic heterocycles. The molecule has 0 fully saturated rings. The Kier molecular flexibility index (Phi) is 2.85. The second-order valence-electron chi connectivity index (χ2n) is 4.22. The van der Waals surface area contributed by atoms with Crippen LogP contribution in [0.4, 0.5) is 11.6 Å². The number of nitrogens with one attached hydrogen (secondary N) is 2. The zero-order valence-corrected chi connectivity index (χ0v) is 10.4. The topological polar surface area (TPSA) is 86.7 Å². The van der Waals surface area contributed by atoms with Gasteiger partial charge in [-0.05, 0) is 19.1 Å². The van der Waals surface area contributed by atoms with Crippen LogP contribution >= 0.6 is 0 Å². The molecule has 2 aromatic heterocycles. The van der Waals surface area contributed by atoms with Gasteiger partial charge in [-0.3, -0.25) is 5.10 Å². The number of benzene rings is 1. The molecule has 3 N–H and O–H groups in total. The van der Waals surface area contributed by atoms with Gasteiger partial charge in [0.05, 0.1) is 5.52 Å². The molecule has 2 heterocycles. The van der Waals surface area contributed by atoms with Crippen LogP contribution in [0.3, 0.4) is 0 Å². The Morgan fingerprint density at radius 3 is 2.84 bits per heavy atom. The summed E-state index contributed by atoms with van der Waals surface area (Å²) in [6.07, 6.45) is 0. The molecular formula is C13H13N5O. The molecule has 3 aromatic rings. The lowest BCUT2D eigenvalue weighted by Crippen LogP contribution is -2.01. The van der Waals surface area contributed by atoms with Crippen molar-refractivity contribution in [2.75, 3.05) is 5.32 Å². The Hall–Kier alpha value is -2.47. The van der Waals surface area contributed by atoms with E-state index in [0.717, 1.165) is 16.6 Å². The first kappa shape index (κ1) is 11.6. The highest BCUT2D eigenvalue weighted by Gasteiger charge is 2.08. The highest BCUT2D eigenvalue weighted by atomic mass is 16.3. The molecule has 0 amide bonds. The summed E-state index contributed by atoms with van der Waals surface area (Å²) in [4.78, 5) is 8.57. The van der Waals surface area contributed by atoms with Crippen LogP contribution in [-0.4, -0.2) is 25.3 Å². The van der Waals surface area contributed by atoms with Crippen LogP contribution in [0.1, 0.15) is 11.5 Å². The van der Waals surface area contributed by atoms with Gasteiger partial charge in [0.2, 0.25) is 0 Å². The summed E-state index contributed by atoms with van der Waals surface area (Å²) in [5, 5.41) is 20.2. The van der Waals surface area contributed by atoms with E-state index in [9.17, 15) is 5.11 Å². The van der Waals surface area contributed by atoms with Crippen LogP contribution in [0.2, 0.25) is 0 Å². The fraction of sp³-hybridized carbons (Fsp3) is 0.154. The largest absolute Gasteiger partial charge is 0.388 e. The number of aryl methyl sites for hydroxylation is 1. The molecule has 0 unspecified atom stereocenters. The maximum absolute atomic E-state index is 9.22. The minimum atomic E-state index is -0.195. The molecule has 0 aliphatic rings. The number of para-hydroxylation sites is 1. The molecular weight excluding hydrogens is 242 g/mol. The first-order chi connectivity index (χ1) is 9.26. The standard InChI is InChI=1S/C13H13N5O/c1-8-6-11(18-17-8)15-13-9-4-2-3-5-10(9)14-12(7-19)16-13/h2-6,19H,7H2,1H3,(H2,14,15,16,17,18). The number of aromatic amines is 1. The van der Waals surface area contributed by atoms with E-state index in [1.165, 1.54) is 0 Å². The predicted molar refractivity (Wildman–Crippen MR) is 72.1 cm³/mol. The number of rotatable bonds is 3. The molecule has 0 spiro atoms. The first-order valence-corrected chi connectivity index (χ1v) is 5.92. The predicted octanol–water partition coefficient (Wildman–Crippen LogP) is 1.90. The monoisotopic (exact) mass is 255 g/mol. The van der Waals surface area contributed by atoms with Gasteiger partial charge in [-0.25, -0.2) is 9.97 Å². The molecule has 0 bridgehead atoms. The number of anilines is 2. The number of fused-ring (bicyclic) bond motifs is 1. The van der Waals surface area contributed by atoms with E-state index in [2.05, 4.69) is 25.5 Å². The van der Waals surface area contributed by atoms with Crippen molar-refractivity contribution in [3.63, 3.8) is 0 Å². The summed E-state index contributed by atoms with van der Waals surface area (Å²) in [5.41, 5.74) is 1.75. The molecule has 0 aliphatic carbocycles. The Labute approximate surface area is 109 Å². The summed E-state index contributed by atoms with van der Waals surface area (Å²) < 4.78 is 0. The van der Waals surface area contributed by atoms with Crippen molar-refractivity contribution < 1.29 is 5.11 Å². The van der Waals surface area contributed by atoms with Crippen molar-refractivity contribution in [3.8, 4) is 0 Å². The molecule has 96 valence electrons. The molecule has 0 atom stereocenters. The summed E-state index contributed by atoms with van der Waals surface area (Å²) in [5.74, 6) is 1.71. The summed E-state index contributed by atoms with van der Waals surface area (Å²) in [6, 6.07) is 9.52. The van der Waals surface area contributed by atoms with Crippen LogP contribution in [-0.2, 0) is 6.61 Å². The van der Waals surface area contributed by atoms with Gasteiger partial charge in [-0.15, -0.1) is 0 Å². The van der Waals surface area contributed by atoms with Crippen molar-refractivity contribution in [1.82, 2.24) is 20.2 Å². The number of aliphatic hydroxyl groups is 1. The fourth-order valence-corrected chi connectivity index (χ4v) is 1.89. The summed E-state index contributed by atoms with van der Waals surface area (Å²) >= 11 is 0. The number of hydrogen-bond acceptors (Lipinski definition) is 5. The van der Waals surface area contributed by atoms with E-state index >= 15 is 0 Å². The van der Waals surface area contributed by atoms with Gasteiger partial charge in [-0.1, -0.05) is 12.1 Å². The van der Waals surface area contributed by atoms with Gasteiger partial charge >= 0.3 is 0 Å². The van der Waals surface area contributed by atoms with Crippen LogP contribution in [0.15, 0.2) is 30.3 Å². The highest BCUT2D eigenvalue weighted by molar-refractivity contribution is 5.90. The third-order valence-electron chi connectivity index (χ3n) is 2.74. The van der Waals surface area contributed by atoms with Gasteiger partial charge in [0.15, 0.2) is 11.6 Å². The maximum Gasteiger partial charge on any atom is 0.156 e. The molecule has 6 nitrogen and oxygen atoms in total. The second kappa shape index (κ2) is 4.66. The lowest BCUT2D eigenvalue weighted by atomic mass is 10.2. The molecule has 1 aromatic carbocycles. The molecule has 19 heavy (non-hydrogen) atoms. The zero-order chi connectivity index (χ0) is 13.2. The molecule has 0 saturated carbocycles. The van der Waals surface area contributed by atoms with Crippen molar-refractivity contribution >= 4 is 22.5 Å². The minimum Gasteiger partial charge on any atom is -0.388 e. The van der Waals surface area contributed by atoms with E-state index < -0.39 is 0 Å². The third kappa shape index (κ3) is 2.25. The maximum atomic E-state index is 9.22. The average Bonchev–Trinajstić information content (AvgIpc) is 2.84. The summed E-state index contributed by atoms with van der Waals surface area (Å²) in [6.45, 7) is 1.73. The van der Waals surface area contributed by atoms with Crippen molar-refractivity contribution in [3.05, 3.63) is 41.9 Å². The summed E-state index contributed by atoms with van der Waals surface area (Å²) in [7, 11) is 0. The van der Waals surface area contributed by atoms with E-state index in [0.29, 0.717) is 17.5 Å². The number of nitrogens with zero attached hydrogens (tertiary/aromatic N) is 3. The Morgan fingerprint density at radius 1 is 1.26 bits per heavy atom. The van der Waals surface area contributed by atoms with Crippen LogP contribution in [0.25, 0.3) is 10.9 Å². The number of aliphatic hydroxyl groups excluding tert-OH is 1. The number of hydrogen-bond donors (Lipinski definition) is 3. The molecule has 6 heteroatoms. The van der Waals surface area contributed by atoms with Crippen molar-refractivity contribution in [2.45, 2.75) is 13.5 Å². The molecule has 0 saturated heterocycles. The Bertz CT molecular complexity index is 722. The van der Waals surface area contributed by atoms with Crippen LogP contribution < -0.4 is 5.32 Å². The second-order valence-corrected chi connectivity index (χ2v) is 4.22. The van der Waals surface area contributed by atoms with E-state index in [1.54, 1.807) is 0 Å². The number of aromatic nitrogens is 4. The van der Waals surface area contributed by atoms with Crippen LogP contribution in [0, 0.1) is 6.92 Å². The van der Waals surface area contributed by atoms with Gasteiger partial charge in [0.25, 0.3) is 0 Å². The van der Waals surface area contributed by atoms with Crippen LogP contribution in [0.5, 0.6) is 0 Å². The molecule has 0 radical (unpaired) electrons. The van der Waals surface area contributed by atoms with Gasteiger partial charge in [0, 0.05) is 17.1 Å². The normalized spacial score (nSPS) is 10.8. The van der Waals surface area contributed by atoms with Crippen molar-refractivity contribution in [1.29, 1.82) is 0 Å². The van der Waals surface area contributed by atoms with Gasteiger partial charge in [0.1, 0.15) is 12.4 Å². The number of H-pyrrole nitrogens is 1. The lowest BCUT2D eigenvalue weighted by Gasteiger charge is -2.07. The highest BCUT2D eigenvalue weighted by Crippen LogP contribution is 2.23. The quantitative estimate of drug-likeness (QED) is 0.665. The fourth-order valence-electron chi connectivity index (χ4n) is 1.89. The van der Waals surface area contributed by atoms with Crippen molar-refractivity contribution in [2.24, 2.45) is 0 Å². The SMILES string of the molecule is Cc1cc(Nc2nc(CO)nc3ccccc23)n[nH]1. The first-order valence-electron chi connectivity index (χ1n) is 5.92. The Morgan fingerprint density at radius 2 is 2.11 bits per heavy atom. The average molecular weight is 255 g/mol. The third-order valence-corrected chi connectivity index (χ3v) is 2.74. The minimum absolute atomic E-state index is 0.195. The zero-order valence-electron chi connectivity index (χ0n) is 10.4. The van der Waals surface area contributed by atoms with E-state index in [4.69, 9.17) is 0 Å². The van der Waals surface area contributed by atoms with E-state index in [-0.39, 0.29) is 6.61 Å².